The van der Waals surface area contributed by atoms with Crippen LogP contribution in [0, 0.1) is 0 Å². The van der Waals surface area contributed by atoms with Gasteiger partial charge in [-0.25, -0.2) is 4.57 Å². The maximum Gasteiger partial charge on any atom is 0.472 e. The molecule has 64 heavy (non-hydrogen) atoms. The van der Waals surface area contributed by atoms with Crippen LogP contribution in [0.25, 0.3) is 0 Å². The third-order valence-electron chi connectivity index (χ3n) is 11.7. The van der Waals surface area contributed by atoms with Crippen molar-refractivity contribution in [2.24, 2.45) is 0 Å². The molecule has 0 heterocycles. The molecule has 6 N–H and O–H groups in total. The van der Waals surface area contributed by atoms with Crippen LogP contribution in [0.2, 0.25) is 0 Å². The quantitative estimate of drug-likeness (QED) is 0.0146. The first kappa shape index (κ1) is 60.1. The lowest BCUT2D eigenvalue weighted by Crippen LogP contribution is -2.64. The molecule has 0 radical (unpaired) electrons. The average molecular weight is 931 g/mol. The fourth-order valence-corrected chi connectivity index (χ4v) is 8.57. The van der Waals surface area contributed by atoms with Crippen molar-refractivity contribution in [1.82, 2.24) is 0 Å². The van der Waals surface area contributed by atoms with Crippen LogP contribution < -0.4 is 0 Å². The van der Waals surface area contributed by atoms with Crippen LogP contribution in [0.4, 0.5) is 0 Å². The first-order chi connectivity index (χ1) is 30.9. The van der Waals surface area contributed by atoms with Crippen molar-refractivity contribution in [1.29, 1.82) is 0 Å². The van der Waals surface area contributed by atoms with Crippen molar-refractivity contribution in [2.75, 3.05) is 13.2 Å². The van der Waals surface area contributed by atoms with Gasteiger partial charge in [-0.1, -0.05) is 172 Å². The molecule has 0 bridgehead atoms. The molecule has 13 nitrogen and oxygen atoms in total. The van der Waals surface area contributed by atoms with Gasteiger partial charge in [-0.15, -0.1) is 0 Å². The Kier molecular flexibility index (Phi) is 37.7. The zero-order valence-corrected chi connectivity index (χ0v) is 40.7. The number of hydrogen-bond donors (Lipinski definition) is 6. The molecule has 0 saturated heterocycles. The zero-order valence-electron chi connectivity index (χ0n) is 39.8. The third-order valence-corrected chi connectivity index (χ3v) is 12.7. The first-order valence-corrected chi connectivity index (χ1v) is 26.8. The molecular formula is C50H91O13P. The maximum absolute atomic E-state index is 12.8. The molecule has 0 aromatic rings. The second-order valence-corrected chi connectivity index (χ2v) is 19.1. The standard InChI is InChI=1S/C50H91O13P/c1-3-5-7-9-11-13-15-17-19-20-21-22-23-24-25-27-29-31-33-35-37-39-44(52)62-42(41-61-64(58,59)63-50-48(56)46(54)45(53)47(55)49(50)57)40-60-43(51)38-36-34-32-30-28-26-18-16-14-12-10-8-6-4-2/h10,12,16-19,42,45-50,53-57H,3-9,11,13-15,20-41H2,1-2H3,(H,58,59)/b12-10+,18-16+,19-17+/t42-,45?,46-,47?,48?,49?,50?/m1/s1. The Labute approximate surface area is 387 Å². The van der Waals surface area contributed by atoms with Crippen molar-refractivity contribution >= 4 is 19.8 Å². The van der Waals surface area contributed by atoms with Crippen molar-refractivity contribution in [3.8, 4) is 0 Å². The molecule has 374 valence electrons. The van der Waals surface area contributed by atoms with Crippen LogP contribution in [0.1, 0.15) is 213 Å². The van der Waals surface area contributed by atoms with Crippen LogP contribution in [-0.4, -0.2) is 98.3 Å². The number of rotatable bonds is 42. The van der Waals surface area contributed by atoms with Crippen LogP contribution in [0.3, 0.4) is 0 Å². The van der Waals surface area contributed by atoms with Gasteiger partial charge in [0.15, 0.2) is 6.10 Å². The number of unbranched alkanes of at least 4 members (excludes halogenated alkanes) is 24. The summed E-state index contributed by atoms with van der Waals surface area (Å²) in [5.74, 6) is -1.11. The van der Waals surface area contributed by atoms with E-state index in [0.29, 0.717) is 12.8 Å². The molecular weight excluding hydrogens is 840 g/mol. The Morgan fingerprint density at radius 3 is 1.33 bits per heavy atom. The van der Waals surface area contributed by atoms with Crippen LogP contribution in [-0.2, 0) is 32.7 Å². The van der Waals surface area contributed by atoms with Gasteiger partial charge in [0, 0.05) is 12.8 Å². The highest BCUT2D eigenvalue weighted by Gasteiger charge is 2.51. The summed E-state index contributed by atoms with van der Waals surface area (Å²) >= 11 is 0. The summed E-state index contributed by atoms with van der Waals surface area (Å²) in [5.41, 5.74) is 0. The Bertz CT molecular complexity index is 1260. The van der Waals surface area contributed by atoms with Crippen molar-refractivity contribution in [2.45, 2.75) is 256 Å². The highest BCUT2D eigenvalue weighted by molar-refractivity contribution is 7.47. The van der Waals surface area contributed by atoms with E-state index in [1.807, 2.05) is 0 Å². The van der Waals surface area contributed by atoms with E-state index >= 15 is 0 Å². The Balaban J connectivity index is 2.40. The first-order valence-electron chi connectivity index (χ1n) is 25.3. The van der Waals surface area contributed by atoms with Crippen LogP contribution >= 0.6 is 7.82 Å². The summed E-state index contributed by atoms with van der Waals surface area (Å²) in [7, 11) is -5.12. The van der Waals surface area contributed by atoms with E-state index in [1.165, 1.54) is 103 Å². The number of carbonyl (C=O) groups excluding carboxylic acids is 2. The molecule has 1 aliphatic carbocycles. The molecule has 1 aliphatic rings. The highest BCUT2D eigenvalue weighted by Crippen LogP contribution is 2.47. The fourth-order valence-electron chi connectivity index (χ4n) is 7.59. The summed E-state index contributed by atoms with van der Waals surface area (Å²) in [6, 6.07) is 0. The SMILES string of the molecule is CCCC/C=C/C/C=C/CCCCCCCC(=O)OC[C@H](COP(=O)(O)OC1C(O)C(O)C(O)[C@@H](O)C1O)OC(=O)CCCCCCCCCCCCC/C=C/CCCCCCCC. The molecule has 1 rings (SSSR count). The molecule has 0 aliphatic heterocycles. The van der Waals surface area contributed by atoms with Gasteiger partial charge in [0.25, 0.3) is 0 Å². The van der Waals surface area contributed by atoms with Crippen molar-refractivity contribution in [3.05, 3.63) is 36.5 Å². The van der Waals surface area contributed by atoms with Gasteiger partial charge >= 0.3 is 19.8 Å². The lowest BCUT2D eigenvalue weighted by molar-refractivity contribution is -0.220. The summed E-state index contributed by atoms with van der Waals surface area (Å²) in [6.07, 6.45) is 33.4. The number of phosphoric ester groups is 1. The van der Waals surface area contributed by atoms with Gasteiger partial charge in [-0.05, 0) is 64.2 Å². The number of ether oxygens (including phenoxy) is 2. The van der Waals surface area contributed by atoms with Gasteiger partial charge in [0.05, 0.1) is 6.61 Å². The minimum Gasteiger partial charge on any atom is -0.462 e. The van der Waals surface area contributed by atoms with E-state index in [2.05, 4.69) is 50.3 Å². The molecule has 1 saturated carbocycles. The lowest BCUT2D eigenvalue weighted by atomic mass is 9.85. The van der Waals surface area contributed by atoms with Crippen molar-refractivity contribution in [3.63, 3.8) is 0 Å². The Morgan fingerprint density at radius 2 is 0.859 bits per heavy atom. The summed E-state index contributed by atoms with van der Waals surface area (Å²) < 4.78 is 33.6. The lowest BCUT2D eigenvalue weighted by Gasteiger charge is -2.41. The molecule has 0 spiro atoms. The molecule has 0 aromatic carbocycles. The topological polar surface area (TPSA) is 210 Å². The van der Waals surface area contributed by atoms with Gasteiger partial charge in [-0.2, -0.15) is 0 Å². The highest BCUT2D eigenvalue weighted by atomic mass is 31.2. The molecule has 0 amide bonds. The summed E-state index contributed by atoms with van der Waals surface area (Å²) in [6.45, 7) is 3.26. The summed E-state index contributed by atoms with van der Waals surface area (Å²) in [4.78, 5) is 35.8. The van der Waals surface area contributed by atoms with Crippen LogP contribution in [0.5, 0.6) is 0 Å². The van der Waals surface area contributed by atoms with E-state index in [4.69, 9.17) is 18.5 Å². The second kappa shape index (κ2) is 40.2. The van der Waals surface area contributed by atoms with Gasteiger partial charge in [0.1, 0.15) is 43.2 Å². The van der Waals surface area contributed by atoms with E-state index in [0.717, 1.165) is 70.6 Å². The molecule has 8 atom stereocenters. The number of hydrogen-bond acceptors (Lipinski definition) is 12. The monoisotopic (exact) mass is 931 g/mol. The van der Waals surface area contributed by atoms with Gasteiger partial charge in [-0.3, -0.25) is 18.6 Å². The van der Waals surface area contributed by atoms with Gasteiger partial charge in [0.2, 0.25) is 0 Å². The maximum atomic E-state index is 12.8. The number of carbonyl (C=O) groups is 2. The smallest absolute Gasteiger partial charge is 0.462 e. The molecule has 14 heteroatoms. The average Bonchev–Trinajstić information content (AvgIpc) is 3.28. The third kappa shape index (κ3) is 31.9. The Hall–Kier alpha value is -1.93. The van der Waals surface area contributed by atoms with E-state index in [9.17, 15) is 44.6 Å². The normalized spacial score (nSPS) is 21.8. The van der Waals surface area contributed by atoms with E-state index in [-0.39, 0.29) is 12.8 Å². The number of allylic oxidation sites excluding steroid dienone is 6. The fraction of sp³-hybridized carbons (Fsp3) is 0.840. The zero-order chi connectivity index (χ0) is 47.1. The number of aliphatic hydroxyl groups excluding tert-OH is 5. The molecule has 6 unspecified atom stereocenters. The minimum absolute atomic E-state index is 0.0937. The van der Waals surface area contributed by atoms with Gasteiger partial charge < -0.3 is 39.9 Å². The van der Waals surface area contributed by atoms with E-state index in [1.54, 1.807) is 0 Å². The molecule has 1 fully saturated rings. The predicted molar refractivity (Wildman–Crippen MR) is 253 cm³/mol. The predicted octanol–water partition coefficient (Wildman–Crippen LogP) is 10.6. The number of aliphatic hydroxyl groups is 5. The van der Waals surface area contributed by atoms with Crippen LogP contribution in [0.15, 0.2) is 36.5 Å². The summed E-state index contributed by atoms with van der Waals surface area (Å²) in [5, 5.41) is 50.2. The van der Waals surface area contributed by atoms with Crippen molar-refractivity contribution < 1.29 is 63.1 Å². The number of phosphoric acid groups is 1. The van der Waals surface area contributed by atoms with E-state index < -0.39 is 75.7 Å². The molecule has 0 aromatic heterocycles. The number of esters is 2. The largest absolute Gasteiger partial charge is 0.472 e. The Morgan fingerprint density at radius 1 is 0.484 bits per heavy atom. The second-order valence-electron chi connectivity index (χ2n) is 17.7. The minimum atomic E-state index is -5.12.